The molecule has 1 unspecified atom stereocenters. The summed E-state index contributed by atoms with van der Waals surface area (Å²) in [7, 11) is -0.798. The van der Waals surface area contributed by atoms with Gasteiger partial charge in [0.15, 0.2) is 0 Å². The Labute approximate surface area is 106 Å². The van der Waals surface area contributed by atoms with E-state index in [0.29, 0.717) is 12.6 Å². The second kappa shape index (κ2) is 6.58. The normalized spacial score (nSPS) is 15.4. The van der Waals surface area contributed by atoms with Gasteiger partial charge in [0.05, 0.1) is 8.46 Å². The van der Waals surface area contributed by atoms with Crippen LogP contribution in [0.15, 0.2) is 0 Å². The SMILES string of the molecule is CC(C)(C)CC(C)(C)[C@H](CCC(=O)O)C[PH2]=O. The smallest absolute Gasteiger partial charge is 0.303 e. The van der Waals surface area contributed by atoms with E-state index in [4.69, 9.17) is 5.11 Å². The Morgan fingerprint density at radius 3 is 2.12 bits per heavy atom. The van der Waals surface area contributed by atoms with Crippen LogP contribution in [0.3, 0.4) is 0 Å². The Bertz CT molecular complexity index is 266. The van der Waals surface area contributed by atoms with E-state index in [1.165, 1.54) is 0 Å². The second-order valence-corrected chi connectivity index (χ2v) is 7.56. The van der Waals surface area contributed by atoms with Crippen LogP contribution >= 0.6 is 8.46 Å². The molecule has 0 rings (SSSR count). The van der Waals surface area contributed by atoms with Crippen LogP contribution < -0.4 is 0 Å². The van der Waals surface area contributed by atoms with Crippen LogP contribution in [0.25, 0.3) is 0 Å². The maximum Gasteiger partial charge on any atom is 0.303 e. The molecule has 0 aromatic heterocycles. The lowest BCUT2D eigenvalue weighted by Crippen LogP contribution is -2.30. The molecular formula is C13H27O3P. The van der Waals surface area contributed by atoms with Gasteiger partial charge in [-0.25, -0.2) is 0 Å². The number of hydrogen-bond acceptors (Lipinski definition) is 2. The van der Waals surface area contributed by atoms with E-state index in [0.717, 1.165) is 6.42 Å². The minimum absolute atomic E-state index is 0.0467. The van der Waals surface area contributed by atoms with Crippen molar-refractivity contribution in [3.63, 3.8) is 0 Å². The summed E-state index contributed by atoms with van der Waals surface area (Å²) in [6.45, 7) is 10.9. The van der Waals surface area contributed by atoms with Crippen molar-refractivity contribution in [2.24, 2.45) is 16.7 Å². The lowest BCUT2D eigenvalue weighted by molar-refractivity contribution is -0.137. The zero-order chi connectivity index (χ0) is 13.7. The third kappa shape index (κ3) is 7.59. The van der Waals surface area contributed by atoms with E-state index >= 15 is 0 Å². The van der Waals surface area contributed by atoms with Crippen LogP contribution in [-0.4, -0.2) is 17.2 Å². The molecular weight excluding hydrogens is 235 g/mol. The predicted octanol–water partition coefficient (Wildman–Crippen LogP) is 3.69. The van der Waals surface area contributed by atoms with Crippen molar-refractivity contribution in [1.82, 2.24) is 0 Å². The van der Waals surface area contributed by atoms with E-state index in [1.807, 2.05) is 0 Å². The summed E-state index contributed by atoms with van der Waals surface area (Å²) in [6, 6.07) is 0. The van der Waals surface area contributed by atoms with E-state index in [9.17, 15) is 9.36 Å². The third-order valence-corrected chi connectivity index (χ3v) is 3.94. The predicted molar refractivity (Wildman–Crippen MR) is 73.5 cm³/mol. The van der Waals surface area contributed by atoms with Crippen molar-refractivity contribution < 1.29 is 14.5 Å². The summed E-state index contributed by atoms with van der Waals surface area (Å²) < 4.78 is 10.9. The van der Waals surface area contributed by atoms with Crippen LogP contribution in [-0.2, 0) is 9.36 Å². The molecule has 0 aliphatic carbocycles. The molecule has 0 saturated carbocycles. The molecule has 0 spiro atoms. The highest BCUT2D eigenvalue weighted by Crippen LogP contribution is 2.42. The van der Waals surface area contributed by atoms with Gasteiger partial charge in [0.25, 0.3) is 0 Å². The fourth-order valence-electron chi connectivity index (χ4n) is 2.75. The van der Waals surface area contributed by atoms with E-state index < -0.39 is 14.4 Å². The molecule has 0 fully saturated rings. The Hall–Kier alpha value is -0.300. The summed E-state index contributed by atoms with van der Waals surface area (Å²) in [4.78, 5) is 10.6. The zero-order valence-electron chi connectivity index (χ0n) is 11.7. The second-order valence-electron chi connectivity index (χ2n) is 6.76. The molecule has 0 bridgehead atoms. The van der Waals surface area contributed by atoms with Crippen LogP contribution in [0.1, 0.15) is 53.9 Å². The molecule has 0 heterocycles. The van der Waals surface area contributed by atoms with Gasteiger partial charge < -0.3 is 9.67 Å². The molecule has 1 N–H and O–H groups in total. The van der Waals surface area contributed by atoms with E-state index in [-0.39, 0.29) is 23.2 Å². The van der Waals surface area contributed by atoms with Gasteiger partial charge in [-0.15, -0.1) is 0 Å². The number of carbonyl (C=O) groups is 1. The van der Waals surface area contributed by atoms with Gasteiger partial charge >= 0.3 is 5.97 Å². The highest BCUT2D eigenvalue weighted by atomic mass is 31.1. The molecule has 102 valence electrons. The van der Waals surface area contributed by atoms with Crippen LogP contribution in [0.4, 0.5) is 0 Å². The number of aliphatic carboxylic acids is 1. The molecule has 17 heavy (non-hydrogen) atoms. The average molecular weight is 262 g/mol. The Morgan fingerprint density at radius 1 is 1.24 bits per heavy atom. The summed E-state index contributed by atoms with van der Waals surface area (Å²) in [5.74, 6) is -0.521. The standard InChI is InChI=1S/C13H27O3P/c1-12(2,3)9-13(4,5)10(8-17-16)6-7-11(14)15/h10H,6-9,17H2,1-5H3,(H,14,15)/t10-/m1/s1. The summed E-state index contributed by atoms with van der Waals surface area (Å²) >= 11 is 0. The van der Waals surface area contributed by atoms with Gasteiger partial charge in [-0.2, -0.15) is 0 Å². The Morgan fingerprint density at radius 2 is 1.76 bits per heavy atom. The first-order valence-electron chi connectivity index (χ1n) is 6.24. The van der Waals surface area contributed by atoms with Gasteiger partial charge in [0.2, 0.25) is 0 Å². The molecule has 0 amide bonds. The van der Waals surface area contributed by atoms with Crippen molar-refractivity contribution in [3.05, 3.63) is 0 Å². The zero-order valence-corrected chi connectivity index (χ0v) is 12.9. The first kappa shape index (κ1) is 16.7. The first-order valence-corrected chi connectivity index (χ1v) is 7.53. The van der Waals surface area contributed by atoms with E-state index in [2.05, 4.69) is 34.6 Å². The minimum Gasteiger partial charge on any atom is -0.481 e. The average Bonchev–Trinajstić information content (AvgIpc) is 2.07. The molecule has 0 aromatic rings. The maximum atomic E-state index is 10.9. The number of carboxylic acid groups (broad SMARTS) is 1. The molecule has 0 aliphatic heterocycles. The van der Waals surface area contributed by atoms with Gasteiger partial charge in [0, 0.05) is 6.42 Å². The van der Waals surface area contributed by atoms with E-state index in [1.54, 1.807) is 0 Å². The van der Waals surface area contributed by atoms with Crippen molar-refractivity contribution in [2.75, 3.05) is 6.16 Å². The summed E-state index contributed by atoms with van der Waals surface area (Å²) in [5.41, 5.74) is 0.258. The molecule has 3 nitrogen and oxygen atoms in total. The van der Waals surface area contributed by atoms with Crippen LogP contribution in [0.2, 0.25) is 0 Å². The summed E-state index contributed by atoms with van der Waals surface area (Å²) in [5, 5.41) is 8.76. The Kier molecular flexibility index (Phi) is 6.47. The number of rotatable bonds is 7. The van der Waals surface area contributed by atoms with Crippen molar-refractivity contribution in [3.8, 4) is 0 Å². The van der Waals surface area contributed by atoms with Crippen molar-refractivity contribution >= 4 is 14.4 Å². The molecule has 4 heteroatoms. The van der Waals surface area contributed by atoms with Crippen molar-refractivity contribution in [2.45, 2.75) is 53.9 Å². The molecule has 0 saturated heterocycles. The molecule has 2 atom stereocenters. The lowest BCUT2D eigenvalue weighted by Gasteiger charge is -2.38. The molecule has 0 aliphatic rings. The van der Waals surface area contributed by atoms with Crippen LogP contribution in [0, 0.1) is 16.7 Å². The largest absolute Gasteiger partial charge is 0.481 e. The van der Waals surface area contributed by atoms with Crippen LogP contribution in [0.5, 0.6) is 0 Å². The maximum absolute atomic E-state index is 10.9. The monoisotopic (exact) mass is 262 g/mol. The minimum atomic E-state index is -0.798. The number of carboxylic acids is 1. The van der Waals surface area contributed by atoms with Crippen molar-refractivity contribution in [1.29, 1.82) is 0 Å². The molecule has 0 radical (unpaired) electrons. The Balaban J connectivity index is 4.64. The third-order valence-electron chi connectivity index (χ3n) is 3.18. The quantitative estimate of drug-likeness (QED) is 0.712. The van der Waals surface area contributed by atoms with Gasteiger partial charge in [-0.05, 0) is 35.8 Å². The lowest BCUT2D eigenvalue weighted by atomic mass is 9.68. The highest BCUT2D eigenvalue weighted by molar-refractivity contribution is 7.23. The topological polar surface area (TPSA) is 54.4 Å². The van der Waals surface area contributed by atoms with Gasteiger partial charge in [-0.3, -0.25) is 4.79 Å². The number of hydrogen-bond donors (Lipinski definition) is 1. The van der Waals surface area contributed by atoms with Gasteiger partial charge in [-0.1, -0.05) is 34.6 Å². The highest BCUT2D eigenvalue weighted by Gasteiger charge is 2.33. The fourth-order valence-corrected chi connectivity index (χ4v) is 3.86. The van der Waals surface area contributed by atoms with Gasteiger partial charge in [0.1, 0.15) is 0 Å². The fraction of sp³-hybridized carbons (Fsp3) is 0.923. The molecule has 0 aromatic carbocycles. The summed E-state index contributed by atoms with van der Waals surface area (Å²) in [6.07, 6.45) is 2.49. The first-order chi connectivity index (χ1) is 7.58.